The molecule has 4 nitrogen and oxygen atoms in total. The van der Waals surface area contributed by atoms with E-state index in [2.05, 4.69) is 22.1 Å². The fourth-order valence-corrected chi connectivity index (χ4v) is 1.52. The van der Waals surface area contributed by atoms with Crippen molar-refractivity contribution in [3.8, 4) is 11.8 Å². The fraction of sp³-hybridized carbons (Fsp3) is 0.0714. The smallest absolute Gasteiger partial charge is 0.272 e. The lowest BCUT2D eigenvalue weighted by Crippen LogP contribution is -2.13. The third kappa shape index (κ3) is 3.21. The van der Waals surface area contributed by atoms with E-state index in [1.54, 1.807) is 18.3 Å². The van der Waals surface area contributed by atoms with E-state index in [-0.39, 0.29) is 12.5 Å². The average molecular weight is 258 g/mol. The quantitative estimate of drug-likeness (QED) is 0.718. The Morgan fingerprint density at radius 2 is 2.26 bits per heavy atom. The molecule has 0 aliphatic rings. The van der Waals surface area contributed by atoms with Gasteiger partial charge in [0.1, 0.15) is 18.1 Å². The number of aliphatic hydroxyl groups excluding tert-OH is 1. The molecule has 1 aromatic carbocycles. The Balaban J connectivity index is 2.27. The highest BCUT2D eigenvalue weighted by atomic mass is 19.1. The topological polar surface area (TPSA) is 65.1 Å². The summed E-state index contributed by atoms with van der Waals surface area (Å²) in [5, 5.41) is 11.3. The number of carbonyl (C=O) groups is 1. The van der Waals surface area contributed by atoms with Crippen molar-refractivity contribution < 1.29 is 14.3 Å². The van der Waals surface area contributed by atoms with Crippen molar-refractivity contribution in [2.75, 3.05) is 11.9 Å². The van der Waals surface area contributed by atoms with Gasteiger partial charge in [-0.25, -0.2) is 4.39 Å². The van der Waals surface area contributed by atoms with Crippen LogP contribution in [-0.4, -0.2) is 22.6 Å². The molecule has 1 aromatic heterocycles. The summed E-state index contributed by atoms with van der Waals surface area (Å²) in [6.07, 6.45) is 1.63. The summed E-state index contributed by atoms with van der Waals surface area (Å²) in [6.45, 7) is -0.333. The number of carbonyl (C=O) groups excluding carboxylic acids is 1. The first kappa shape index (κ1) is 12.9. The summed E-state index contributed by atoms with van der Waals surface area (Å²) < 4.78 is 13.1. The maximum Gasteiger partial charge on any atom is 0.272 e. The van der Waals surface area contributed by atoms with Crippen molar-refractivity contribution in [3.05, 3.63) is 53.6 Å². The minimum absolute atomic E-state index is 0.314. The van der Waals surface area contributed by atoms with Gasteiger partial charge in [-0.05, 0) is 30.3 Å². The molecule has 0 spiro atoms. The molecule has 2 rings (SSSR count). The van der Waals surface area contributed by atoms with Crippen LogP contribution in [0.25, 0.3) is 0 Å². The predicted octanol–water partition coefficient (Wildman–Crippen LogP) is 1.75. The Kier molecular flexibility index (Phi) is 3.96. The highest BCUT2D eigenvalue weighted by Crippen LogP contribution is 2.16. The summed E-state index contributed by atoms with van der Waals surface area (Å²) in [4.78, 5) is 14.6. The first-order chi connectivity index (χ1) is 9.20. The summed E-state index contributed by atoms with van der Waals surface area (Å²) in [7, 11) is 0. The molecular formula is C14H11FN2O2. The highest BCUT2D eigenvalue weighted by molar-refractivity contribution is 6.03. The zero-order valence-corrected chi connectivity index (χ0v) is 9.90. The van der Waals surface area contributed by atoms with Crippen molar-refractivity contribution in [1.29, 1.82) is 0 Å². The van der Waals surface area contributed by atoms with E-state index in [1.165, 1.54) is 18.2 Å². The zero-order chi connectivity index (χ0) is 13.7. The molecule has 5 heteroatoms. The number of rotatable bonds is 2. The number of hydrogen-bond acceptors (Lipinski definition) is 2. The Morgan fingerprint density at radius 3 is 2.95 bits per heavy atom. The second-order valence-corrected chi connectivity index (χ2v) is 3.69. The first-order valence-corrected chi connectivity index (χ1v) is 5.54. The van der Waals surface area contributed by atoms with Crippen molar-refractivity contribution in [1.82, 2.24) is 4.98 Å². The molecule has 2 aromatic rings. The monoisotopic (exact) mass is 258 g/mol. The van der Waals surface area contributed by atoms with Gasteiger partial charge in [0.15, 0.2) is 0 Å². The fourth-order valence-electron chi connectivity index (χ4n) is 1.52. The van der Waals surface area contributed by atoms with E-state index in [0.717, 1.165) is 0 Å². The number of amides is 1. The van der Waals surface area contributed by atoms with Crippen molar-refractivity contribution in [3.63, 3.8) is 0 Å². The van der Waals surface area contributed by atoms with E-state index >= 15 is 0 Å². The number of aromatic nitrogens is 1. The van der Waals surface area contributed by atoms with Crippen LogP contribution in [0.2, 0.25) is 0 Å². The predicted molar refractivity (Wildman–Crippen MR) is 69.1 cm³/mol. The van der Waals surface area contributed by atoms with E-state index in [9.17, 15) is 9.18 Å². The molecule has 96 valence electrons. The van der Waals surface area contributed by atoms with Gasteiger partial charge in [-0.15, -0.1) is 0 Å². The van der Waals surface area contributed by atoms with Gasteiger partial charge in [0.2, 0.25) is 0 Å². The summed E-state index contributed by atoms with van der Waals surface area (Å²) in [6, 6.07) is 7.18. The minimum Gasteiger partial charge on any atom is -0.384 e. The van der Waals surface area contributed by atoms with Crippen LogP contribution in [0.3, 0.4) is 0 Å². The summed E-state index contributed by atoms with van der Waals surface area (Å²) >= 11 is 0. The second kappa shape index (κ2) is 5.85. The number of H-pyrrole nitrogens is 1. The van der Waals surface area contributed by atoms with Crippen molar-refractivity contribution >= 4 is 11.6 Å². The zero-order valence-electron chi connectivity index (χ0n) is 9.90. The van der Waals surface area contributed by atoms with Crippen LogP contribution >= 0.6 is 0 Å². The molecule has 0 aliphatic carbocycles. The van der Waals surface area contributed by atoms with Gasteiger partial charge in [0.05, 0.1) is 11.3 Å². The average Bonchev–Trinajstić information content (AvgIpc) is 2.93. The molecule has 1 amide bonds. The highest BCUT2D eigenvalue weighted by Gasteiger charge is 2.09. The van der Waals surface area contributed by atoms with E-state index < -0.39 is 5.82 Å². The van der Waals surface area contributed by atoms with Gasteiger partial charge < -0.3 is 15.4 Å². The maximum atomic E-state index is 13.1. The number of halogens is 1. The SMILES string of the molecule is O=C(Nc1ccc(F)cc1C#CCO)c1ccc[nH]1. The lowest BCUT2D eigenvalue weighted by atomic mass is 10.1. The Bertz CT molecular complexity index is 639. The number of aromatic amines is 1. The van der Waals surface area contributed by atoms with Crippen molar-refractivity contribution in [2.45, 2.75) is 0 Å². The molecular weight excluding hydrogens is 247 g/mol. The molecule has 0 radical (unpaired) electrons. The van der Waals surface area contributed by atoms with E-state index in [4.69, 9.17) is 5.11 Å². The molecule has 0 fully saturated rings. The largest absolute Gasteiger partial charge is 0.384 e. The molecule has 0 aliphatic heterocycles. The van der Waals surface area contributed by atoms with Crippen LogP contribution in [0.1, 0.15) is 16.1 Å². The third-order valence-corrected chi connectivity index (χ3v) is 2.37. The van der Waals surface area contributed by atoms with Crippen molar-refractivity contribution in [2.24, 2.45) is 0 Å². The number of anilines is 1. The van der Waals surface area contributed by atoms with E-state index in [0.29, 0.717) is 16.9 Å². The van der Waals surface area contributed by atoms with Crippen LogP contribution < -0.4 is 5.32 Å². The molecule has 3 N–H and O–H groups in total. The number of benzene rings is 1. The molecule has 0 saturated carbocycles. The Hall–Kier alpha value is -2.58. The Labute approximate surface area is 109 Å². The Morgan fingerprint density at radius 1 is 1.42 bits per heavy atom. The van der Waals surface area contributed by atoms with Gasteiger partial charge in [-0.1, -0.05) is 11.8 Å². The minimum atomic E-state index is -0.458. The van der Waals surface area contributed by atoms with Crippen LogP contribution in [0.15, 0.2) is 36.5 Å². The third-order valence-electron chi connectivity index (χ3n) is 2.37. The van der Waals surface area contributed by atoms with Crippen LogP contribution in [0.4, 0.5) is 10.1 Å². The molecule has 1 heterocycles. The molecule has 0 atom stereocenters. The van der Waals surface area contributed by atoms with Crippen LogP contribution in [0, 0.1) is 17.7 Å². The first-order valence-electron chi connectivity index (χ1n) is 5.54. The maximum absolute atomic E-state index is 13.1. The van der Waals surface area contributed by atoms with Gasteiger partial charge in [-0.3, -0.25) is 4.79 Å². The number of hydrogen-bond donors (Lipinski definition) is 3. The molecule has 0 saturated heterocycles. The molecule has 0 bridgehead atoms. The lowest BCUT2D eigenvalue weighted by Gasteiger charge is -2.06. The number of aliphatic hydroxyl groups is 1. The van der Waals surface area contributed by atoms with E-state index in [1.807, 2.05) is 0 Å². The molecule has 19 heavy (non-hydrogen) atoms. The second-order valence-electron chi connectivity index (χ2n) is 3.69. The lowest BCUT2D eigenvalue weighted by molar-refractivity contribution is 0.102. The standard InChI is InChI=1S/C14H11FN2O2/c15-11-5-6-12(10(9-11)3-2-8-18)17-14(19)13-4-1-7-16-13/h1,4-7,9,16,18H,8H2,(H,17,19). The van der Waals surface area contributed by atoms with Gasteiger partial charge in [-0.2, -0.15) is 0 Å². The summed E-state index contributed by atoms with van der Waals surface area (Å²) in [5.74, 6) is 4.21. The van der Waals surface area contributed by atoms with Gasteiger partial charge >= 0.3 is 0 Å². The number of nitrogens with one attached hydrogen (secondary N) is 2. The normalized spacial score (nSPS) is 9.58. The van der Waals surface area contributed by atoms with Crippen LogP contribution in [0.5, 0.6) is 0 Å². The molecule has 0 unspecified atom stereocenters. The summed E-state index contributed by atoms with van der Waals surface area (Å²) in [5.41, 5.74) is 1.10. The van der Waals surface area contributed by atoms with Gasteiger partial charge in [0, 0.05) is 6.20 Å². The van der Waals surface area contributed by atoms with Gasteiger partial charge in [0.25, 0.3) is 5.91 Å². The van der Waals surface area contributed by atoms with Crippen LogP contribution in [-0.2, 0) is 0 Å².